The van der Waals surface area contributed by atoms with Gasteiger partial charge in [0.05, 0.1) is 16.3 Å². The van der Waals surface area contributed by atoms with Gasteiger partial charge in [-0.1, -0.05) is 0 Å². The van der Waals surface area contributed by atoms with Crippen LogP contribution in [0, 0.1) is 0 Å². The molecule has 116 valence electrons. The lowest BCUT2D eigenvalue weighted by molar-refractivity contribution is 0.155. The number of hydrogen-bond acceptors (Lipinski definition) is 5. The molecular weight excluding hydrogens is 354 g/mol. The molecular formula is C13H14BrN5O3. The second-order valence-corrected chi connectivity index (χ2v) is 6.05. The number of aromatic nitrogens is 3. The lowest BCUT2D eigenvalue weighted by Crippen LogP contribution is -2.30. The van der Waals surface area contributed by atoms with Crippen LogP contribution in [-0.2, 0) is 7.05 Å². The molecule has 2 aromatic rings. The van der Waals surface area contributed by atoms with Crippen molar-refractivity contribution in [2.45, 2.75) is 12.5 Å². The molecule has 0 aromatic carbocycles. The first-order valence-electron chi connectivity index (χ1n) is 6.71. The smallest absolute Gasteiger partial charge is 0.407 e. The predicted octanol–water partition coefficient (Wildman–Crippen LogP) is 1.26. The number of carbonyl (C=O) groups is 1. The zero-order valence-corrected chi connectivity index (χ0v) is 13.4. The molecule has 22 heavy (non-hydrogen) atoms. The number of fused-ring (bicyclic) bond motifs is 1. The van der Waals surface area contributed by atoms with E-state index in [1.165, 1.54) is 15.8 Å². The summed E-state index contributed by atoms with van der Waals surface area (Å²) in [5.74, 6) is 0.434. The number of hydrogen-bond donors (Lipinski definition) is 2. The molecule has 1 unspecified atom stereocenters. The normalized spacial score (nSPS) is 17.9. The number of carboxylic acid groups (broad SMARTS) is 1. The fourth-order valence-electron chi connectivity index (χ4n) is 2.54. The average Bonchev–Trinajstić information content (AvgIpc) is 2.94. The van der Waals surface area contributed by atoms with Gasteiger partial charge in [0.1, 0.15) is 11.2 Å². The summed E-state index contributed by atoms with van der Waals surface area (Å²) in [7, 11) is 1.63. The Morgan fingerprint density at radius 1 is 1.50 bits per heavy atom. The molecule has 1 aliphatic heterocycles. The lowest BCUT2D eigenvalue weighted by Gasteiger charge is -2.16. The highest BCUT2D eigenvalue weighted by Crippen LogP contribution is 2.25. The number of nitrogens with zero attached hydrogens (tertiary/aromatic N) is 4. The summed E-state index contributed by atoms with van der Waals surface area (Å²) in [5.41, 5.74) is 0.336. The molecule has 0 bridgehead atoms. The first-order valence-corrected chi connectivity index (χ1v) is 7.51. The van der Waals surface area contributed by atoms with E-state index in [0.717, 1.165) is 0 Å². The second kappa shape index (κ2) is 5.56. The number of aryl methyl sites for hydroxylation is 1. The molecule has 3 heterocycles. The van der Waals surface area contributed by atoms with Crippen molar-refractivity contribution in [3.63, 3.8) is 0 Å². The summed E-state index contributed by atoms with van der Waals surface area (Å²) < 4.78 is 2.03. The van der Waals surface area contributed by atoms with Crippen molar-refractivity contribution >= 4 is 38.7 Å². The summed E-state index contributed by atoms with van der Waals surface area (Å²) in [6, 6.07) is -0.0714. The summed E-state index contributed by atoms with van der Waals surface area (Å²) in [6.45, 7) is 0.840. The zero-order valence-electron chi connectivity index (χ0n) is 11.8. The minimum Gasteiger partial charge on any atom is -0.465 e. The number of halogens is 1. The molecule has 0 spiro atoms. The fraction of sp³-hybridized carbons (Fsp3) is 0.385. The minimum atomic E-state index is -0.935. The van der Waals surface area contributed by atoms with E-state index in [1.807, 2.05) is 0 Å². The van der Waals surface area contributed by atoms with E-state index in [1.54, 1.807) is 13.2 Å². The third kappa shape index (κ3) is 2.52. The largest absolute Gasteiger partial charge is 0.465 e. The van der Waals surface area contributed by atoms with Crippen molar-refractivity contribution in [1.82, 2.24) is 19.4 Å². The van der Waals surface area contributed by atoms with E-state index in [9.17, 15) is 9.59 Å². The van der Waals surface area contributed by atoms with Crippen LogP contribution in [0.4, 0.5) is 10.6 Å². The molecule has 2 aromatic heterocycles. The number of nitrogens with one attached hydrogen (secondary N) is 1. The van der Waals surface area contributed by atoms with Gasteiger partial charge in [0.2, 0.25) is 0 Å². The van der Waals surface area contributed by atoms with Crippen LogP contribution in [0.1, 0.15) is 6.42 Å². The Kier molecular flexibility index (Phi) is 3.73. The van der Waals surface area contributed by atoms with E-state index in [0.29, 0.717) is 40.7 Å². The Hall–Kier alpha value is -2.16. The number of anilines is 1. The highest BCUT2D eigenvalue weighted by molar-refractivity contribution is 9.10. The topological polar surface area (TPSA) is 100 Å². The van der Waals surface area contributed by atoms with E-state index in [2.05, 4.69) is 31.2 Å². The Morgan fingerprint density at radius 3 is 2.95 bits per heavy atom. The average molecular weight is 368 g/mol. The Morgan fingerprint density at radius 2 is 2.27 bits per heavy atom. The van der Waals surface area contributed by atoms with Gasteiger partial charge in [-0.25, -0.2) is 14.8 Å². The van der Waals surface area contributed by atoms with Gasteiger partial charge in [0.15, 0.2) is 0 Å². The van der Waals surface area contributed by atoms with Gasteiger partial charge in [0.25, 0.3) is 5.56 Å². The van der Waals surface area contributed by atoms with Gasteiger partial charge in [-0.2, -0.15) is 0 Å². The molecule has 0 radical (unpaired) electrons. The van der Waals surface area contributed by atoms with E-state index in [4.69, 9.17) is 5.11 Å². The maximum absolute atomic E-state index is 12.4. The summed E-state index contributed by atoms with van der Waals surface area (Å²) in [5, 5.41) is 12.6. The number of pyridine rings is 1. The molecule has 1 amide bonds. The highest BCUT2D eigenvalue weighted by atomic mass is 79.9. The van der Waals surface area contributed by atoms with Crippen LogP contribution in [0.3, 0.4) is 0 Å². The van der Waals surface area contributed by atoms with Crippen molar-refractivity contribution in [2.75, 3.05) is 18.4 Å². The number of amides is 1. The summed E-state index contributed by atoms with van der Waals surface area (Å²) in [6.07, 6.45) is 2.78. The summed E-state index contributed by atoms with van der Waals surface area (Å²) in [4.78, 5) is 33.2. The minimum absolute atomic E-state index is 0.0714. The molecule has 1 fully saturated rings. The first-order chi connectivity index (χ1) is 10.5. The Balaban J connectivity index is 1.98. The van der Waals surface area contributed by atoms with Crippen molar-refractivity contribution in [3.05, 3.63) is 27.4 Å². The lowest BCUT2D eigenvalue weighted by atomic mass is 10.2. The molecule has 1 atom stereocenters. The van der Waals surface area contributed by atoms with Crippen LogP contribution < -0.4 is 10.9 Å². The molecule has 0 saturated carbocycles. The van der Waals surface area contributed by atoms with E-state index in [-0.39, 0.29) is 11.6 Å². The number of rotatable bonds is 2. The van der Waals surface area contributed by atoms with Gasteiger partial charge in [-0.3, -0.25) is 4.79 Å². The van der Waals surface area contributed by atoms with E-state index < -0.39 is 6.09 Å². The van der Waals surface area contributed by atoms with Gasteiger partial charge in [0, 0.05) is 32.4 Å². The maximum atomic E-state index is 12.4. The standard InChI is InChI=1S/C13H14BrN5O3/c1-18-6-16-10-8(14)4-15-11(9(10)12(18)20)17-7-2-3-19(5-7)13(21)22/h4,6-7H,2-3,5H2,1H3,(H,15,17)(H,21,22). The molecule has 1 saturated heterocycles. The zero-order chi connectivity index (χ0) is 15.9. The van der Waals surface area contributed by atoms with Crippen LogP contribution in [0.25, 0.3) is 10.9 Å². The van der Waals surface area contributed by atoms with Gasteiger partial charge in [-0.15, -0.1) is 0 Å². The van der Waals surface area contributed by atoms with Gasteiger partial charge in [-0.05, 0) is 22.4 Å². The Labute approximate surface area is 133 Å². The summed E-state index contributed by atoms with van der Waals surface area (Å²) >= 11 is 3.34. The van der Waals surface area contributed by atoms with Crippen LogP contribution in [0.15, 0.2) is 21.8 Å². The Bertz CT molecular complexity index is 806. The van der Waals surface area contributed by atoms with Gasteiger partial charge >= 0.3 is 6.09 Å². The molecule has 8 nitrogen and oxygen atoms in total. The third-order valence-electron chi connectivity index (χ3n) is 3.70. The predicted molar refractivity (Wildman–Crippen MR) is 84.1 cm³/mol. The molecule has 0 aliphatic carbocycles. The van der Waals surface area contributed by atoms with Crippen LogP contribution >= 0.6 is 15.9 Å². The molecule has 9 heteroatoms. The van der Waals surface area contributed by atoms with Crippen molar-refractivity contribution in [2.24, 2.45) is 7.05 Å². The SMILES string of the molecule is Cn1cnc2c(Br)cnc(NC3CCN(C(=O)O)C3)c2c1=O. The van der Waals surface area contributed by atoms with Gasteiger partial charge < -0.3 is 19.9 Å². The maximum Gasteiger partial charge on any atom is 0.407 e. The molecule has 1 aliphatic rings. The van der Waals surface area contributed by atoms with Crippen molar-refractivity contribution in [3.8, 4) is 0 Å². The van der Waals surface area contributed by atoms with Crippen molar-refractivity contribution in [1.29, 1.82) is 0 Å². The van der Waals surface area contributed by atoms with Crippen molar-refractivity contribution < 1.29 is 9.90 Å². The molecule has 2 N–H and O–H groups in total. The highest BCUT2D eigenvalue weighted by Gasteiger charge is 2.27. The quantitative estimate of drug-likeness (QED) is 0.828. The van der Waals surface area contributed by atoms with Crippen LogP contribution in [0.2, 0.25) is 0 Å². The van der Waals surface area contributed by atoms with Crippen LogP contribution in [-0.4, -0.2) is 49.8 Å². The van der Waals surface area contributed by atoms with Crippen LogP contribution in [0.5, 0.6) is 0 Å². The third-order valence-corrected chi connectivity index (χ3v) is 4.28. The van der Waals surface area contributed by atoms with E-state index >= 15 is 0 Å². The monoisotopic (exact) mass is 367 g/mol. The first kappa shape index (κ1) is 14.8. The fourth-order valence-corrected chi connectivity index (χ4v) is 2.94. The second-order valence-electron chi connectivity index (χ2n) is 5.20. The molecule has 3 rings (SSSR count). The number of likely N-dealkylation sites (tertiary alicyclic amines) is 1.